The largest absolute Gasteiger partial charge is 0.497 e. The molecule has 1 saturated carbocycles. The van der Waals surface area contributed by atoms with Gasteiger partial charge in [0.2, 0.25) is 0 Å². The Kier molecular flexibility index (Phi) is 3.91. The fourth-order valence-electron chi connectivity index (χ4n) is 2.53. The normalized spacial score (nSPS) is 15.3. The molecule has 108 valence electrons. The first-order chi connectivity index (χ1) is 10.3. The second kappa shape index (κ2) is 6.00. The number of ether oxygens (including phenoxy) is 1. The van der Waals surface area contributed by atoms with E-state index in [0.29, 0.717) is 11.5 Å². The van der Waals surface area contributed by atoms with Crippen molar-refractivity contribution in [2.75, 3.05) is 7.11 Å². The first kappa shape index (κ1) is 13.7. The summed E-state index contributed by atoms with van der Waals surface area (Å²) in [6.45, 7) is 0. The summed E-state index contributed by atoms with van der Waals surface area (Å²) in [6.07, 6.45) is 2.34. The number of carbonyl (C=O) groups excluding carboxylic acids is 1. The second-order valence-corrected chi connectivity index (χ2v) is 5.43. The molecule has 0 bridgehead atoms. The van der Waals surface area contributed by atoms with Gasteiger partial charge in [0.1, 0.15) is 5.75 Å². The minimum atomic E-state index is -0.0108. The number of hydrogen-bond donors (Lipinski definition) is 1. The third kappa shape index (κ3) is 3.24. The van der Waals surface area contributed by atoms with Crippen LogP contribution < -0.4 is 10.1 Å². The molecule has 0 heterocycles. The van der Waals surface area contributed by atoms with Crippen molar-refractivity contribution in [1.82, 2.24) is 5.32 Å². The van der Waals surface area contributed by atoms with Crippen molar-refractivity contribution in [2.45, 2.75) is 18.9 Å². The molecule has 1 unspecified atom stereocenters. The van der Waals surface area contributed by atoms with Crippen LogP contribution in [0.4, 0.5) is 0 Å². The molecule has 3 rings (SSSR count). The lowest BCUT2D eigenvalue weighted by Gasteiger charge is -2.19. The number of amides is 1. The van der Waals surface area contributed by atoms with Crippen molar-refractivity contribution in [1.29, 1.82) is 0 Å². The first-order valence-electron chi connectivity index (χ1n) is 7.28. The summed E-state index contributed by atoms with van der Waals surface area (Å²) in [5, 5.41) is 3.17. The molecule has 1 fully saturated rings. The number of benzene rings is 2. The molecule has 1 aliphatic carbocycles. The average Bonchev–Trinajstić information content (AvgIpc) is 3.38. The van der Waals surface area contributed by atoms with Gasteiger partial charge in [0.05, 0.1) is 13.2 Å². The monoisotopic (exact) mass is 281 g/mol. The van der Waals surface area contributed by atoms with Crippen LogP contribution in [0.5, 0.6) is 5.75 Å². The van der Waals surface area contributed by atoms with E-state index < -0.39 is 0 Å². The molecule has 0 saturated heterocycles. The summed E-state index contributed by atoms with van der Waals surface area (Å²) in [5.41, 5.74) is 1.85. The molecule has 1 atom stereocenters. The van der Waals surface area contributed by atoms with Crippen LogP contribution >= 0.6 is 0 Å². The Labute approximate surface area is 124 Å². The third-order valence-corrected chi connectivity index (χ3v) is 3.89. The number of methoxy groups -OCH3 is 1. The maximum atomic E-state index is 12.3. The van der Waals surface area contributed by atoms with Gasteiger partial charge < -0.3 is 10.1 Å². The minimum Gasteiger partial charge on any atom is -0.497 e. The topological polar surface area (TPSA) is 38.3 Å². The van der Waals surface area contributed by atoms with Crippen LogP contribution in [0, 0.1) is 5.92 Å². The highest BCUT2D eigenvalue weighted by Crippen LogP contribution is 2.41. The Morgan fingerprint density at radius 3 is 2.33 bits per heavy atom. The van der Waals surface area contributed by atoms with Crippen LogP contribution in [-0.4, -0.2) is 13.0 Å². The molecular weight excluding hydrogens is 262 g/mol. The molecule has 1 aliphatic rings. The van der Waals surface area contributed by atoms with Crippen LogP contribution in [0.3, 0.4) is 0 Å². The van der Waals surface area contributed by atoms with Crippen LogP contribution in [0.2, 0.25) is 0 Å². The lowest BCUT2D eigenvalue weighted by Crippen LogP contribution is -2.29. The Balaban J connectivity index is 1.77. The maximum Gasteiger partial charge on any atom is 0.251 e. The van der Waals surface area contributed by atoms with E-state index in [9.17, 15) is 4.79 Å². The van der Waals surface area contributed by atoms with Crippen LogP contribution in [-0.2, 0) is 0 Å². The standard InChI is InChI=1S/C18H19NO2/c1-21-16-11-9-14(10-12-16)17(13-7-8-13)19-18(20)15-5-3-2-4-6-15/h2-6,9-13,17H,7-8H2,1H3,(H,19,20). The first-order valence-corrected chi connectivity index (χ1v) is 7.28. The summed E-state index contributed by atoms with van der Waals surface area (Å²) >= 11 is 0. The van der Waals surface area contributed by atoms with Crippen molar-refractivity contribution in [3.63, 3.8) is 0 Å². The highest BCUT2D eigenvalue weighted by Gasteiger charge is 2.33. The second-order valence-electron chi connectivity index (χ2n) is 5.43. The molecule has 3 heteroatoms. The van der Waals surface area contributed by atoms with Crippen LogP contribution in [0.1, 0.15) is 34.8 Å². The summed E-state index contributed by atoms with van der Waals surface area (Å²) in [6, 6.07) is 17.4. The van der Waals surface area contributed by atoms with Crippen molar-refractivity contribution in [3.05, 3.63) is 65.7 Å². The van der Waals surface area contributed by atoms with Crippen molar-refractivity contribution >= 4 is 5.91 Å². The molecule has 0 spiro atoms. The van der Waals surface area contributed by atoms with Gasteiger partial charge in [0.15, 0.2) is 0 Å². The number of carbonyl (C=O) groups is 1. The van der Waals surface area contributed by atoms with E-state index in [4.69, 9.17) is 4.74 Å². The van der Waals surface area contributed by atoms with Crippen molar-refractivity contribution in [3.8, 4) is 5.75 Å². The number of rotatable bonds is 5. The van der Waals surface area contributed by atoms with Gasteiger partial charge in [-0.3, -0.25) is 4.79 Å². The average molecular weight is 281 g/mol. The fraction of sp³-hybridized carbons (Fsp3) is 0.278. The van der Waals surface area contributed by atoms with E-state index >= 15 is 0 Å². The van der Waals surface area contributed by atoms with Gasteiger partial charge in [-0.25, -0.2) is 0 Å². The quantitative estimate of drug-likeness (QED) is 0.909. The molecule has 2 aromatic rings. The molecular formula is C18H19NO2. The van der Waals surface area contributed by atoms with E-state index in [1.54, 1.807) is 7.11 Å². The molecule has 0 aromatic heterocycles. The Bertz CT molecular complexity index is 603. The van der Waals surface area contributed by atoms with Crippen molar-refractivity contribution in [2.24, 2.45) is 5.92 Å². The van der Waals surface area contributed by atoms with Gasteiger partial charge in [-0.2, -0.15) is 0 Å². The molecule has 0 aliphatic heterocycles. The molecule has 2 aromatic carbocycles. The molecule has 1 amide bonds. The number of hydrogen-bond acceptors (Lipinski definition) is 2. The lowest BCUT2D eigenvalue weighted by molar-refractivity contribution is 0.0931. The highest BCUT2D eigenvalue weighted by atomic mass is 16.5. The van der Waals surface area contributed by atoms with E-state index in [2.05, 4.69) is 5.32 Å². The van der Waals surface area contributed by atoms with Gasteiger partial charge in [-0.05, 0) is 48.6 Å². The summed E-state index contributed by atoms with van der Waals surface area (Å²) in [7, 11) is 1.66. The third-order valence-electron chi connectivity index (χ3n) is 3.89. The van der Waals surface area contributed by atoms with E-state index in [-0.39, 0.29) is 11.9 Å². The predicted molar refractivity (Wildman–Crippen MR) is 82.4 cm³/mol. The van der Waals surface area contributed by atoms with Gasteiger partial charge in [0.25, 0.3) is 5.91 Å². The zero-order valence-corrected chi connectivity index (χ0v) is 12.1. The maximum absolute atomic E-state index is 12.3. The lowest BCUT2D eigenvalue weighted by atomic mass is 10.0. The van der Waals surface area contributed by atoms with Gasteiger partial charge in [-0.15, -0.1) is 0 Å². The van der Waals surface area contributed by atoms with Gasteiger partial charge >= 0.3 is 0 Å². The zero-order chi connectivity index (χ0) is 14.7. The summed E-state index contributed by atoms with van der Waals surface area (Å²) in [4.78, 5) is 12.3. The summed E-state index contributed by atoms with van der Waals surface area (Å²) < 4.78 is 5.19. The molecule has 3 nitrogen and oxygen atoms in total. The van der Waals surface area contributed by atoms with E-state index in [0.717, 1.165) is 11.3 Å². The predicted octanol–water partition coefficient (Wildman–Crippen LogP) is 3.58. The number of nitrogens with one attached hydrogen (secondary N) is 1. The SMILES string of the molecule is COc1ccc(C(NC(=O)c2ccccc2)C2CC2)cc1. The smallest absolute Gasteiger partial charge is 0.251 e. The minimum absolute atomic E-state index is 0.0108. The van der Waals surface area contributed by atoms with Crippen molar-refractivity contribution < 1.29 is 9.53 Å². The van der Waals surface area contributed by atoms with Gasteiger partial charge in [-0.1, -0.05) is 30.3 Å². The molecule has 1 N–H and O–H groups in total. The molecule has 21 heavy (non-hydrogen) atoms. The zero-order valence-electron chi connectivity index (χ0n) is 12.1. The Hall–Kier alpha value is -2.29. The Morgan fingerprint density at radius 1 is 1.10 bits per heavy atom. The van der Waals surface area contributed by atoms with E-state index in [1.807, 2.05) is 54.6 Å². The fourth-order valence-corrected chi connectivity index (χ4v) is 2.53. The molecule has 0 radical (unpaired) electrons. The Morgan fingerprint density at radius 2 is 1.76 bits per heavy atom. The highest BCUT2D eigenvalue weighted by molar-refractivity contribution is 5.94. The summed E-state index contributed by atoms with van der Waals surface area (Å²) in [5.74, 6) is 1.37. The van der Waals surface area contributed by atoms with Crippen LogP contribution in [0.15, 0.2) is 54.6 Å². The van der Waals surface area contributed by atoms with E-state index in [1.165, 1.54) is 12.8 Å². The van der Waals surface area contributed by atoms with Crippen LogP contribution in [0.25, 0.3) is 0 Å². The van der Waals surface area contributed by atoms with Gasteiger partial charge in [0, 0.05) is 5.56 Å².